The molecular formula is C17H19N7O2. The maximum absolute atomic E-state index is 12.4. The van der Waals surface area contributed by atoms with Crippen LogP contribution in [0.5, 0.6) is 0 Å². The van der Waals surface area contributed by atoms with Crippen LogP contribution >= 0.6 is 0 Å². The number of nitrogens with two attached hydrogens (primary N) is 1. The lowest BCUT2D eigenvalue weighted by atomic mass is 10.2. The Hall–Kier alpha value is -3.49. The van der Waals surface area contributed by atoms with Gasteiger partial charge in [-0.25, -0.2) is 9.78 Å². The molecule has 0 amide bonds. The number of fused-ring (bicyclic) bond motifs is 1. The van der Waals surface area contributed by atoms with Crippen molar-refractivity contribution in [1.82, 2.24) is 18.7 Å². The van der Waals surface area contributed by atoms with Crippen LogP contribution in [0.1, 0.15) is 11.1 Å². The Morgan fingerprint density at radius 1 is 1.19 bits per heavy atom. The minimum Gasteiger partial charge on any atom is -0.384 e. The molecule has 0 spiro atoms. The molecule has 0 saturated heterocycles. The molecule has 2 heterocycles. The minimum atomic E-state index is -0.434. The zero-order valence-corrected chi connectivity index (χ0v) is 14.7. The molecule has 0 radical (unpaired) electrons. The summed E-state index contributed by atoms with van der Waals surface area (Å²) in [7, 11) is 2.98. The second-order valence-electron chi connectivity index (χ2n) is 6.00. The number of hydrogen-bond donors (Lipinski definition) is 1. The van der Waals surface area contributed by atoms with E-state index in [2.05, 4.69) is 15.2 Å². The molecule has 2 N–H and O–H groups in total. The van der Waals surface area contributed by atoms with E-state index in [1.807, 2.05) is 31.2 Å². The highest BCUT2D eigenvalue weighted by Crippen LogP contribution is 2.05. The van der Waals surface area contributed by atoms with Crippen molar-refractivity contribution in [3.63, 3.8) is 0 Å². The van der Waals surface area contributed by atoms with Crippen molar-refractivity contribution < 1.29 is 0 Å². The number of nitrogens with zero attached hydrogens (tertiary/aromatic N) is 6. The van der Waals surface area contributed by atoms with Crippen molar-refractivity contribution in [2.75, 3.05) is 0 Å². The molecule has 9 heteroatoms. The molecule has 9 nitrogen and oxygen atoms in total. The van der Waals surface area contributed by atoms with E-state index in [0.717, 1.165) is 15.7 Å². The second-order valence-corrected chi connectivity index (χ2v) is 6.00. The summed E-state index contributed by atoms with van der Waals surface area (Å²) in [5.41, 5.74) is 7.70. The molecule has 0 aliphatic rings. The molecule has 0 bridgehead atoms. The first-order chi connectivity index (χ1) is 12.4. The first kappa shape index (κ1) is 17.3. The van der Waals surface area contributed by atoms with E-state index in [-0.39, 0.29) is 17.9 Å². The molecule has 26 heavy (non-hydrogen) atoms. The smallest absolute Gasteiger partial charge is 0.332 e. The third-order valence-electron chi connectivity index (χ3n) is 4.02. The fourth-order valence-corrected chi connectivity index (χ4v) is 2.55. The number of rotatable bonds is 4. The molecule has 0 unspecified atom stereocenters. The van der Waals surface area contributed by atoms with Crippen LogP contribution in [-0.2, 0) is 20.6 Å². The maximum atomic E-state index is 12.4. The summed E-state index contributed by atoms with van der Waals surface area (Å²) in [5, 5.41) is 7.92. The average molecular weight is 353 g/mol. The summed E-state index contributed by atoms with van der Waals surface area (Å²) in [6, 6.07) is 7.81. The third kappa shape index (κ3) is 3.18. The van der Waals surface area contributed by atoms with E-state index in [4.69, 9.17) is 5.73 Å². The van der Waals surface area contributed by atoms with Crippen LogP contribution in [0.25, 0.3) is 11.2 Å². The van der Waals surface area contributed by atoms with E-state index >= 15 is 0 Å². The number of hydrogen-bond acceptors (Lipinski definition) is 5. The Balaban J connectivity index is 1.88. The fraction of sp³-hybridized carbons (Fsp3) is 0.235. The predicted octanol–water partition coefficient (Wildman–Crippen LogP) is 0.133. The van der Waals surface area contributed by atoms with Crippen molar-refractivity contribution in [2.45, 2.75) is 13.5 Å². The lowest BCUT2D eigenvalue weighted by Crippen LogP contribution is -2.37. The Kier molecular flexibility index (Phi) is 4.53. The molecule has 0 aliphatic heterocycles. The van der Waals surface area contributed by atoms with Crippen LogP contribution < -0.4 is 17.0 Å². The lowest BCUT2D eigenvalue weighted by molar-refractivity contribution is 0.704. The molecular weight excluding hydrogens is 334 g/mol. The van der Waals surface area contributed by atoms with Crippen molar-refractivity contribution in [1.29, 1.82) is 0 Å². The Bertz CT molecular complexity index is 1130. The van der Waals surface area contributed by atoms with Gasteiger partial charge in [-0.1, -0.05) is 29.8 Å². The van der Waals surface area contributed by atoms with Gasteiger partial charge in [-0.15, -0.1) is 5.10 Å². The highest BCUT2D eigenvalue weighted by molar-refractivity contribution is 5.84. The third-order valence-corrected chi connectivity index (χ3v) is 4.02. The van der Waals surface area contributed by atoms with Gasteiger partial charge >= 0.3 is 5.69 Å². The van der Waals surface area contributed by atoms with Crippen LogP contribution in [0, 0.1) is 6.92 Å². The molecule has 2 aromatic heterocycles. The Morgan fingerprint density at radius 3 is 2.58 bits per heavy atom. The van der Waals surface area contributed by atoms with Gasteiger partial charge in [-0.3, -0.25) is 13.9 Å². The van der Waals surface area contributed by atoms with Gasteiger partial charge in [-0.2, -0.15) is 5.10 Å². The molecule has 3 rings (SSSR count). The summed E-state index contributed by atoms with van der Waals surface area (Å²) in [5.74, 6) is 0.212. The van der Waals surface area contributed by atoms with E-state index in [1.54, 1.807) is 17.8 Å². The molecule has 134 valence electrons. The van der Waals surface area contributed by atoms with E-state index in [0.29, 0.717) is 5.65 Å². The van der Waals surface area contributed by atoms with Crippen LogP contribution in [-0.4, -0.2) is 30.7 Å². The van der Waals surface area contributed by atoms with Crippen LogP contribution in [0.15, 0.2) is 50.4 Å². The summed E-state index contributed by atoms with van der Waals surface area (Å²) in [6.45, 7) is 2.14. The van der Waals surface area contributed by atoms with Crippen LogP contribution in [0.3, 0.4) is 0 Å². The first-order valence-corrected chi connectivity index (χ1v) is 7.91. The van der Waals surface area contributed by atoms with Gasteiger partial charge < -0.3 is 10.3 Å². The largest absolute Gasteiger partial charge is 0.384 e. The van der Waals surface area contributed by atoms with Gasteiger partial charge in [-0.05, 0) is 12.5 Å². The van der Waals surface area contributed by atoms with Gasteiger partial charge in [0, 0.05) is 14.1 Å². The second kappa shape index (κ2) is 6.79. The summed E-state index contributed by atoms with van der Waals surface area (Å²) in [6.07, 6.45) is 3.05. The lowest BCUT2D eigenvalue weighted by Gasteiger charge is -2.05. The van der Waals surface area contributed by atoms with Gasteiger partial charge in [0.1, 0.15) is 5.84 Å². The number of aromatic nitrogens is 4. The maximum Gasteiger partial charge on any atom is 0.332 e. The van der Waals surface area contributed by atoms with E-state index < -0.39 is 11.2 Å². The topological polar surface area (TPSA) is 113 Å². The monoisotopic (exact) mass is 353 g/mol. The minimum absolute atomic E-state index is 0.134. The average Bonchev–Trinajstić information content (AvgIpc) is 3.03. The van der Waals surface area contributed by atoms with Gasteiger partial charge in [0.25, 0.3) is 5.56 Å². The summed E-state index contributed by atoms with van der Waals surface area (Å²) < 4.78 is 3.90. The first-order valence-electron chi connectivity index (χ1n) is 7.91. The Morgan fingerprint density at radius 2 is 1.88 bits per heavy atom. The van der Waals surface area contributed by atoms with Gasteiger partial charge in [0.05, 0.1) is 19.1 Å². The van der Waals surface area contributed by atoms with Gasteiger partial charge in [0.2, 0.25) is 0 Å². The van der Waals surface area contributed by atoms with Crippen LogP contribution in [0.4, 0.5) is 0 Å². The van der Waals surface area contributed by atoms with Crippen molar-refractivity contribution in [3.05, 3.63) is 62.6 Å². The molecule has 0 aliphatic carbocycles. The van der Waals surface area contributed by atoms with Crippen molar-refractivity contribution in [2.24, 2.45) is 30.0 Å². The highest BCUT2D eigenvalue weighted by Gasteiger charge is 2.14. The van der Waals surface area contributed by atoms with Crippen molar-refractivity contribution in [3.8, 4) is 0 Å². The normalized spacial score (nSPS) is 12.3. The Labute approximate surface area is 148 Å². The number of benzene rings is 1. The fourth-order valence-electron chi connectivity index (χ4n) is 2.55. The summed E-state index contributed by atoms with van der Waals surface area (Å²) in [4.78, 5) is 28.4. The highest BCUT2D eigenvalue weighted by atomic mass is 16.2. The van der Waals surface area contributed by atoms with Gasteiger partial charge in [0.15, 0.2) is 11.2 Å². The predicted molar refractivity (Wildman–Crippen MR) is 101 cm³/mol. The molecule has 0 fully saturated rings. The zero-order valence-electron chi connectivity index (χ0n) is 14.7. The van der Waals surface area contributed by atoms with E-state index in [1.165, 1.54) is 17.9 Å². The number of aryl methyl sites for hydroxylation is 2. The molecule has 1 aromatic carbocycles. The standard InChI is InChI=1S/C17H19N7O2/c1-11-4-6-12(7-5-11)8-20-21-13(18)9-24-10-19-15-14(24)16(25)23(3)17(26)22(15)2/h4-8,10H,9H2,1-3H3,(H2,18,21)/b20-8+. The van der Waals surface area contributed by atoms with Crippen LogP contribution in [0.2, 0.25) is 0 Å². The summed E-state index contributed by atoms with van der Waals surface area (Å²) >= 11 is 0. The van der Waals surface area contributed by atoms with Crippen molar-refractivity contribution >= 4 is 23.2 Å². The molecule has 0 saturated carbocycles. The molecule has 3 aromatic rings. The number of imidazole rings is 1. The molecule has 0 atom stereocenters. The zero-order chi connectivity index (χ0) is 18.8. The number of amidine groups is 1. The SMILES string of the molecule is Cc1ccc(/C=N/N=C(\N)Cn2cnc3c2c(=O)n(C)c(=O)n3C)cc1. The van der Waals surface area contributed by atoms with E-state index in [9.17, 15) is 9.59 Å². The quantitative estimate of drug-likeness (QED) is 0.408.